The van der Waals surface area contributed by atoms with Crippen LogP contribution in [0.15, 0.2) is 42.6 Å². The lowest BCUT2D eigenvalue weighted by atomic mass is 9.85. The summed E-state index contributed by atoms with van der Waals surface area (Å²) in [7, 11) is 0. The zero-order chi connectivity index (χ0) is 20.4. The van der Waals surface area contributed by atoms with E-state index in [0.717, 1.165) is 31.4 Å². The van der Waals surface area contributed by atoms with E-state index in [4.69, 9.17) is 17.3 Å². The van der Waals surface area contributed by atoms with Gasteiger partial charge in [0.05, 0.1) is 6.04 Å². The Labute approximate surface area is 176 Å². The van der Waals surface area contributed by atoms with Gasteiger partial charge in [0.25, 0.3) is 5.91 Å². The Morgan fingerprint density at radius 2 is 1.90 bits per heavy atom. The van der Waals surface area contributed by atoms with Crippen LogP contribution < -0.4 is 5.73 Å². The molecule has 0 spiro atoms. The first-order valence-electron chi connectivity index (χ1n) is 10.3. The van der Waals surface area contributed by atoms with Crippen LogP contribution >= 0.6 is 11.6 Å². The minimum absolute atomic E-state index is 0.0394. The first-order valence-corrected chi connectivity index (χ1v) is 10.7. The predicted octanol–water partition coefficient (Wildman–Crippen LogP) is 3.43. The number of nitrogens with two attached hydrogens (primary N) is 1. The number of hydrogen-bond donors (Lipinski definition) is 1. The van der Waals surface area contributed by atoms with E-state index in [-0.39, 0.29) is 24.2 Å². The van der Waals surface area contributed by atoms with Gasteiger partial charge in [-0.15, -0.1) is 0 Å². The lowest BCUT2D eigenvalue weighted by Crippen LogP contribution is -2.48. The maximum atomic E-state index is 13.5. The third-order valence-corrected chi connectivity index (χ3v) is 6.38. The van der Waals surface area contributed by atoms with E-state index < -0.39 is 6.04 Å². The van der Waals surface area contributed by atoms with Gasteiger partial charge in [0, 0.05) is 47.9 Å². The summed E-state index contributed by atoms with van der Waals surface area (Å²) in [6.07, 6.45) is 6.28. The number of carbonyl (C=O) groups is 2. The van der Waals surface area contributed by atoms with Crippen molar-refractivity contribution in [3.63, 3.8) is 0 Å². The average molecular weight is 412 g/mol. The summed E-state index contributed by atoms with van der Waals surface area (Å²) in [5.41, 5.74) is 8.17. The normalized spacial score (nSPS) is 24.9. The number of rotatable bonds is 4. The molecule has 4 rings (SSSR count). The smallest absolute Gasteiger partial charge is 0.254 e. The largest absolute Gasteiger partial charge is 0.328 e. The van der Waals surface area contributed by atoms with Crippen LogP contribution in [0.2, 0.25) is 5.02 Å². The van der Waals surface area contributed by atoms with E-state index in [1.807, 2.05) is 18.2 Å². The van der Waals surface area contributed by atoms with Gasteiger partial charge in [-0.1, -0.05) is 17.7 Å². The third-order valence-electron chi connectivity index (χ3n) is 6.15. The zero-order valence-corrected chi connectivity index (χ0v) is 17.1. The van der Waals surface area contributed by atoms with Gasteiger partial charge in [0.2, 0.25) is 0 Å². The maximum absolute atomic E-state index is 13.5. The number of benzene rings is 1. The van der Waals surface area contributed by atoms with Crippen molar-refractivity contribution < 1.29 is 9.59 Å². The third kappa shape index (κ3) is 4.51. The maximum Gasteiger partial charge on any atom is 0.254 e. The summed E-state index contributed by atoms with van der Waals surface area (Å²) in [5.74, 6) is 0.322. The number of fused-ring (bicyclic) bond motifs is 1. The molecule has 1 atom stereocenters. The summed E-state index contributed by atoms with van der Waals surface area (Å²) in [5, 5.41) is 0.542. The van der Waals surface area contributed by atoms with Crippen molar-refractivity contribution in [1.82, 2.24) is 9.88 Å². The van der Waals surface area contributed by atoms with Gasteiger partial charge in [-0.2, -0.15) is 0 Å². The van der Waals surface area contributed by atoms with E-state index in [9.17, 15) is 9.59 Å². The van der Waals surface area contributed by atoms with Gasteiger partial charge in [-0.3, -0.25) is 14.6 Å². The highest BCUT2D eigenvalue weighted by molar-refractivity contribution is 6.30. The zero-order valence-electron chi connectivity index (χ0n) is 16.4. The highest BCUT2D eigenvalue weighted by Gasteiger charge is 2.37. The van der Waals surface area contributed by atoms with Crippen molar-refractivity contribution in [3.8, 4) is 0 Å². The molecule has 6 heteroatoms. The minimum atomic E-state index is -0.515. The molecule has 1 aromatic heterocycles. The van der Waals surface area contributed by atoms with Crippen LogP contribution in [0.4, 0.5) is 0 Å². The topological polar surface area (TPSA) is 76.3 Å². The number of pyridine rings is 1. The van der Waals surface area contributed by atoms with Gasteiger partial charge in [0.15, 0.2) is 5.78 Å². The number of carbonyl (C=O) groups excluding carboxylic acids is 2. The van der Waals surface area contributed by atoms with Crippen molar-refractivity contribution in [3.05, 3.63) is 64.4 Å². The molecule has 1 aliphatic heterocycles. The predicted molar refractivity (Wildman–Crippen MR) is 113 cm³/mol. The lowest BCUT2D eigenvalue weighted by Gasteiger charge is -2.35. The fraction of sp³-hybridized carbons (Fsp3) is 0.435. The molecule has 152 valence electrons. The number of halogens is 1. The molecule has 5 nitrogen and oxygen atoms in total. The first-order chi connectivity index (χ1) is 14.0. The second-order valence-electron chi connectivity index (χ2n) is 8.22. The molecular formula is C23H26ClN3O2. The Bertz CT molecular complexity index is 894. The van der Waals surface area contributed by atoms with E-state index in [0.29, 0.717) is 35.0 Å². The molecule has 1 aromatic carbocycles. The van der Waals surface area contributed by atoms with Crippen LogP contribution in [-0.2, 0) is 17.6 Å². The molecule has 0 saturated heterocycles. The average Bonchev–Trinajstić information content (AvgIpc) is 2.80. The van der Waals surface area contributed by atoms with Crippen molar-refractivity contribution in [1.29, 1.82) is 0 Å². The number of aromatic nitrogens is 1. The van der Waals surface area contributed by atoms with Crippen molar-refractivity contribution >= 4 is 23.3 Å². The van der Waals surface area contributed by atoms with E-state index in [1.165, 1.54) is 0 Å². The Morgan fingerprint density at radius 3 is 2.62 bits per heavy atom. The van der Waals surface area contributed by atoms with Gasteiger partial charge in [0.1, 0.15) is 0 Å². The monoisotopic (exact) mass is 411 g/mol. The van der Waals surface area contributed by atoms with E-state index in [2.05, 4.69) is 4.98 Å². The number of nitrogens with zero attached hydrogens (tertiary/aromatic N) is 2. The minimum Gasteiger partial charge on any atom is -0.328 e. The molecule has 0 bridgehead atoms. The highest BCUT2D eigenvalue weighted by Crippen LogP contribution is 2.29. The van der Waals surface area contributed by atoms with Crippen LogP contribution in [0, 0.1) is 5.92 Å². The van der Waals surface area contributed by atoms with Gasteiger partial charge < -0.3 is 10.6 Å². The first kappa shape index (κ1) is 20.0. The summed E-state index contributed by atoms with van der Waals surface area (Å²) >= 11 is 6.14. The van der Waals surface area contributed by atoms with Crippen LogP contribution in [0.5, 0.6) is 0 Å². The number of hydrogen-bond acceptors (Lipinski definition) is 4. The number of Topliss-reactive ketones (excluding diaryl/α,β-unsaturated/α-hetero) is 1. The van der Waals surface area contributed by atoms with Crippen LogP contribution in [0.1, 0.15) is 47.3 Å². The molecule has 1 amide bonds. The second-order valence-corrected chi connectivity index (χ2v) is 8.66. The Kier molecular flexibility index (Phi) is 5.97. The van der Waals surface area contributed by atoms with E-state index in [1.54, 1.807) is 29.3 Å². The van der Waals surface area contributed by atoms with Crippen molar-refractivity contribution in [2.45, 2.75) is 50.6 Å². The molecule has 2 N–H and O–H groups in total. The molecule has 2 heterocycles. The molecule has 1 fully saturated rings. The van der Waals surface area contributed by atoms with Crippen LogP contribution in [-0.4, -0.2) is 40.2 Å². The van der Waals surface area contributed by atoms with E-state index >= 15 is 0 Å². The van der Waals surface area contributed by atoms with Crippen molar-refractivity contribution in [2.24, 2.45) is 11.7 Å². The van der Waals surface area contributed by atoms with Gasteiger partial charge in [-0.25, -0.2) is 0 Å². The number of amides is 1. The lowest BCUT2D eigenvalue weighted by molar-refractivity contribution is -0.122. The molecular weight excluding hydrogens is 386 g/mol. The Morgan fingerprint density at radius 1 is 1.10 bits per heavy atom. The molecule has 1 aliphatic carbocycles. The van der Waals surface area contributed by atoms with Crippen LogP contribution in [0.25, 0.3) is 0 Å². The van der Waals surface area contributed by atoms with Crippen molar-refractivity contribution in [2.75, 3.05) is 6.54 Å². The molecule has 0 radical (unpaired) electrons. The quantitative estimate of drug-likeness (QED) is 0.836. The summed E-state index contributed by atoms with van der Waals surface area (Å²) in [4.78, 5) is 33.0. The Hall–Kier alpha value is -2.24. The molecule has 1 saturated carbocycles. The molecule has 2 aliphatic rings. The fourth-order valence-electron chi connectivity index (χ4n) is 4.49. The van der Waals surface area contributed by atoms with Crippen LogP contribution in [0.3, 0.4) is 0 Å². The van der Waals surface area contributed by atoms with Gasteiger partial charge in [-0.05, 0) is 67.5 Å². The standard InChI is InChI=1S/C23H26ClN3O2/c24-17-6-9-20-16(11-17)12-22(28)21(13-19-3-1-2-10-26-19)27(23(20)29)14-15-4-7-18(25)8-5-15/h1-3,6,9-11,15,18,21H,4-5,7-8,12-14,25H2/t15?,18?,21-/m1/s1. The Balaban J connectivity index is 1.66. The SMILES string of the molecule is NC1CCC(CN2C(=O)c3ccc(Cl)cc3CC(=O)[C@H]2Cc2ccccn2)CC1. The molecule has 0 unspecified atom stereocenters. The summed E-state index contributed by atoms with van der Waals surface area (Å²) in [6.45, 7) is 0.580. The number of ketones is 1. The highest BCUT2D eigenvalue weighted by atomic mass is 35.5. The fourth-order valence-corrected chi connectivity index (χ4v) is 4.69. The van der Waals surface area contributed by atoms with Gasteiger partial charge >= 0.3 is 0 Å². The summed E-state index contributed by atoms with van der Waals surface area (Å²) in [6, 6.07) is 10.6. The second kappa shape index (κ2) is 8.64. The summed E-state index contributed by atoms with van der Waals surface area (Å²) < 4.78 is 0. The molecule has 29 heavy (non-hydrogen) atoms. The molecule has 2 aromatic rings.